The van der Waals surface area contributed by atoms with Gasteiger partial charge < -0.3 is 36.2 Å². The highest BCUT2D eigenvalue weighted by molar-refractivity contribution is 6.22. The number of benzene rings is 1. The van der Waals surface area contributed by atoms with Gasteiger partial charge in [0.15, 0.2) is 11.4 Å². The van der Waals surface area contributed by atoms with Crippen molar-refractivity contribution in [2.75, 3.05) is 13.7 Å². The molecule has 1 saturated carbocycles. The standard InChI is InChI=1S/C27H34N2O8/c1-26(2,3)5-6-29-11-13-9-16(30)19-15(22(13)37-4)8-12-7-14-10-17(31)20(25(28)35)24(34)27(14,36)23(33)18(12)21(19)32/h9,12,14,29-30,32,34,36H,5-8,10-11H2,1-4H3,(H2,28,35)/t12?,14-,27-/m0/s1. The van der Waals surface area contributed by atoms with Crippen molar-refractivity contribution in [3.8, 4) is 11.5 Å². The Morgan fingerprint density at radius 2 is 1.89 bits per heavy atom. The molecule has 0 saturated heterocycles. The molecular formula is C27H34N2O8. The van der Waals surface area contributed by atoms with Gasteiger partial charge in [0.1, 0.15) is 28.6 Å². The number of aliphatic hydroxyl groups excluding tert-OH is 2. The van der Waals surface area contributed by atoms with Crippen LogP contribution in [0.25, 0.3) is 5.76 Å². The van der Waals surface area contributed by atoms with Gasteiger partial charge in [-0.15, -0.1) is 0 Å². The topological polar surface area (TPSA) is 179 Å². The summed E-state index contributed by atoms with van der Waals surface area (Å²) in [5.74, 6) is -6.06. The Balaban J connectivity index is 1.77. The van der Waals surface area contributed by atoms with Crippen LogP contribution in [0.5, 0.6) is 11.5 Å². The number of aromatic hydroxyl groups is 1. The van der Waals surface area contributed by atoms with Crippen molar-refractivity contribution in [3.05, 3.63) is 39.7 Å². The molecule has 1 unspecified atom stereocenters. The van der Waals surface area contributed by atoms with Crippen molar-refractivity contribution in [2.24, 2.45) is 23.0 Å². The number of ether oxygens (including phenoxy) is 1. The average Bonchev–Trinajstić information content (AvgIpc) is 2.78. The fourth-order valence-electron chi connectivity index (χ4n) is 5.81. The van der Waals surface area contributed by atoms with Gasteiger partial charge in [0.2, 0.25) is 5.78 Å². The first-order valence-electron chi connectivity index (χ1n) is 12.3. The highest BCUT2D eigenvalue weighted by Gasteiger charge is 2.60. The van der Waals surface area contributed by atoms with E-state index in [9.17, 15) is 34.8 Å². The number of aliphatic hydroxyl groups is 3. The Bertz CT molecular complexity index is 1260. The fraction of sp³-hybridized carbons (Fsp3) is 0.519. The smallest absolute Gasteiger partial charge is 0.255 e. The van der Waals surface area contributed by atoms with Crippen LogP contribution in [0.1, 0.15) is 56.7 Å². The fourth-order valence-corrected chi connectivity index (χ4v) is 5.81. The summed E-state index contributed by atoms with van der Waals surface area (Å²) >= 11 is 0. The minimum atomic E-state index is -2.58. The van der Waals surface area contributed by atoms with Crippen LogP contribution in [0.15, 0.2) is 23.0 Å². The molecule has 7 N–H and O–H groups in total. The highest BCUT2D eigenvalue weighted by atomic mass is 16.5. The number of hydrogen-bond acceptors (Lipinski definition) is 9. The van der Waals surface area contributed by atoms with E-state index in [1.54, 1.807) is 0 Å². The first kappa shape index (κ1) is 26.7. The van der Waals surface area contributed by atoms with E-state index in [0.29, 0.717) is 23.4 Å². The Hall–Kier alpha value is -3.37. The largest absolute Gasteiger partial charge is 0.508 e. The van der Waals surface area contributed by atoms with Gasteiger partial charge in [0.25, 0.3) is 5.91 Å². The third-order valence-corrected chi connectivity index (χ3v) is 7.66. The van der Waals surface area contributed by atoms with E-state index in [1.165, 1.54) is 13.2 Å². The molecule has 0 bridgehead atoms. The number of nitrogens with two attached hydrogens (primary N) is 1. The van der Waals surface area contributed by atoms with Gasteiger partial charge in [0, 0.05) is 35.6 Å². The number of phenols is 1. The average molecular weight is 515 g/mol. The van der Waals surface area contributed by atoms with Crippen molar-refractivity contribution >= 4 is 23.2 Å². The molecule has 1 aromatic rings. The molecule has 3 aliphatic rings. The zero-order valence-electron chi connectivity index (χ0n) is 21.5. The predicted octanol–water partition coefficient (Wildman–Crippen LogP) is 1.96. The summed E-state index contributed by atoms with van der Waals surface area (Å²) in [4.78, 5) is 37.8. The molecule has 0 aromatic heterocycles. The van der Waals surface area contributed by atoms with Crippen LogP contribution < -0.4 is 15.8 Å². The summed E-state index contributed by atoms with van der Waals surface area (Å²) in [6, 6.07) is 1.46. The molecule has 1 aromatic carbocycles. The van der Waals surface area contributed by atoms with E-state index in [1.807, 2.05) is 0 Å². The van der Waals surface area contributed by atoms with Gasteiger partial charge in [-0.05, 0) is 43.2 Å². The molecule has 1 fully saturated rings. The second-order valence-corrected chi connectivity index (χ2v) is 11.3. The molecule has 10 nitrogen and oxygen atoms in total. The van der Waals surface area contributed by atoms with Crippen molar-refractivity contribution in [1.82, 2.24) is 5.32 Å². The number of primary amides is 1. The predicted molar refractivity (Wildman–Crippen MR) is 134 cm³/mol. The lowest BCUT2D eigenvalue weighted by Gasteiger charge is -2.46. The summed E-state index contributed by atoms with van der Waals surface area (Å²) in [6.07, 6.45) is 0.842. The number of hydrogen-bond donors (Lipinski definition) is 6. The molecule has 0 heterocycles. The van der Waals surface area contributed by atoms with Gasteiger partial charge in [-0.3, -0.25) is 14.4 Å². The van der Waals surface area contributed by atoms with Gasteiger partial charge >= 0.3 is 0 Å². The third kappa shape index (κ3) is 4.27. The molecule has 37 heavy (non-hydrogen) atoms. The lowest BCUT2D eigenvalue weighted by atomic mass is 9.59. The number of nitrogens with one attached hydrogen (secondary N) is 1. The minimum Gasteiger partial charge on any atom is -0.508 e. The number of fused-ring (bicyclic) bond motifs is 3. The summed E-state index contributed by atoms with van der Waals surface area (Å²) in [5, 5.41) is 47.4. The van der Waals surface area contributed by atoms with Crippen molar-refractivity contribution < 1.29 is 39.5 Å². The summed E-state index contributed by atoms with van der Waals surface area (Å²) in [7, 11) is 1.49. The zero-order valence-corrected chi connectivity index (χ0v) is 21.5. The monoisotopic (exact) mass is 514 g/mol. The van der Waals surface area contributed by atoms with E-state index >= 15 is 0 Å². The van der Waals surface area contributed by atoms with E-state index in [4.69, 9.17) is 10.5 Å². The molecule has 1 amide bonds. The van der Waals surface area contributed by atoms with Crippen LogP contribution in [-0.2, 0) is 27.3 Å². The molecule has 0 spiro atoms. The van der Waals surface area contributed by atoms with Crippen molar-refractivity contribution in [2.45, 2.75) is 58.6 Å². The Labute approximate surface area is 214 Å². The molecule has 10 heteroatoms. The molecule has 3 aliphatic carbocycles. The summed E-state index contributed by atoms with van der Waals surface area (Å²) < 4.78 is 5.68. The molecule has 0 radical (unpaired) electrons. The lowest BCUT2D eigenvalue weighted by Crippen LogP contribution is -2.58. The van der Waals surface area contributed by atoms with Crippen molar-refractivity contribution in [3.63, 3.8) is 0 Å². The van der Waals surface area contributed by atoms with E-state index in [-0.39, 0.29) is 41.6 Å². The van der Waals surface area contributed by atoms with Gasteiger partial charge in [-0.2, -0.15) is 0 Å². The number of rotatable bonds is 6. The maximum atomic E-state index is 13.6. The number of methoxy groups -OCH3 is 1. The Morgan fingerprint density at radius 1 is 1.22 bits per heavy atom. The van der Waals surface area contributed by atoms with E-state index in [0.717, 1.165) is 13.0 Å². The molecule has 4 rings (SSSR count). The number of amides is 1. The summed E-state index contributed by atoms with van der Waals surface area (Å²) in [6.45, 7) is 7.58. The van der Waals surface area contributed by atoms with Crippen LogP contribution >= 0.6 is 0 Å². The molecular weight excluding hydrogens is 480 g/mol. The number of phenolic OH excluding ortho intramolecular Hbond substituents is 1. The van der Waals surface area contributed by atoms with Gasteiger partial charge in [-0.25, -0.2) is 0 Å². The SMILES string of the molecule is COc1c(CNCCC(C)(C)C)cc(O)c2c1CC1C[C@H]3CC(=O)C(C(N)=O)=C(O)[C@@]3(O)C(=O)C1=C2O. The summed E-state index contributed by atoms with van der Waals surface area (Å²) in [5.41, 5.74) is 3.01. The van der Waals surface area contributed by atoms with Crippen LogP contribution in [0, 0.1) is 17.3 Å². The Kier molecular flexibility index (Phi) is 6.62. The van der Waals surface area contributed by atoms with Crippen LogP contribution in [0.2, 0.25) is 0 Å². The quantitative estimate of drug-likeness (QED) is 0.244. The zero-order chi connectivity index (χ0) is 27.4. The van der Waals surface area contributed by atoms with Gasteiger partial charge in [-0.1, -0.05) is 20.8 Å². The number of carbonyl (C=O) groups is 3. The second kappa shape index (κ2) is 9.18. The van der Waals surface area contributed by atoms with Crippen LogP contribution in [0.3, 0.4) is 0 Å². The first-order valence-corrected chi connectivity index (χ1v) is 12.3. The molecule has 3 atom stereocenters. The molecule has 0 aliphatic heterocycles. The van der Waals surface area contributed by atoms with Crippen LogP contribution in [-0.4, -0.2) is 57.2 Å². The van der Waals surface area contributed by atoms with E-state index in [2.05, 4.69) is 26.1 Å². The van der Waals surface area contributed by atoms with Gasteiger partial charge in [0.05, 0.1) is 12.7 Å². The number of Topliss-reactive ketones (excluding diaryl/α,β-unsaturated/α-hetero) is 2. The Morgan fingerprint density at radius 3 is 2.49 bits per heavy atom. The van der Waals surface area contributed by atoms with Crippen molar-refractivity contribution in [1.29, 1.82) is 0 Å². The maximum absolute atomic E-state index is 13.6. The normalized spacial score (nSPS) is 25.5. The minimum absolute atomic E-state index is 0.0161. The lowest BCUT2D eigenvalue weighted by molar-refractivity contribution is -0.147. The second-order valence-electron chi connectivity index (χ2n) is 11.3. The highest BCUT2D eigenvalue weighted by Crippen LogP contribution is 2.53. The third-order valence-electron chi connectivity index (χ3n) is 7.66. The number of ketones is 2. The number of carbonyl (C=O) groups excluding carboxylic acids is 3. The van der Waals surface area contributed by atoms with Crippen LogP contribution in [0.4, 0.5) is 0 Å². The maximum Gasteiger partial charge on any atom is 0.255 e. The first-order chi connectivity index (χ1) is 17.2. The van der Waals surface area contributed by atoms with E-state index < -0.39 is 52.0 Å². The molecule has 200 valence electrons.